The molecule has 0 atom stereocenters. The fourth-order valence-corrected chi connectivity index (χ4v) is 7.00. The number of carbonyl (C=O) groups is 5. The molecule has 6 rings (SSSR count). The molecule has 0 radical (unpaired) electrons. The van der Waals surface area contributed by atoms with Gasteiger partial charge in [0, 0.05) is 18.2 Å². The number of fused-ring (bicyclic) bond motifs is 2. The minimum Gasteiger partial charge on any atom is -0.289 e. The minimum atomic E-state index is -0.468. The molecular weight excluding hydrogens is 588 g/mol. The van der Waals surface area contributed by atoms with Gasteiger partial charge in [0.25, 0.3) is 23.6 Å². The van der Waals surface area contributed by atoms with Crippen LogP contribution >= 0.6 is 0 Å². The quantitative estimate of drug-likeness (QED) is 0.146. The maximum atomic E-state index is 14.0. The lowest BCUT2D eigenvalue weighted by atomic mass is 9.91. The van der Waals surface area contributed by atoms with Crippen molar-refractivity contribution in [1.82, 2.24) is 4.90 Å². The van der Waals surface area contributed by atoms with Crippen molar-refractivity contribution < 1.29 is 24.0 Å². The molecule has 7 heteroatoms. The average Bonchev–Trinajstić information content (AvgIpc) is 3.46. The topological polar surface area (TPSA) is 91.8 Å². The van der Waals surface area contributed by atoms with E-state index in [9.17, 15) is 24.0 Å². The number of rotatable bonds is 9. The first-order valence-corrected chi connectivity index (χ1v) is 16.3. The van der Waals surface area contributed by atoms with Gasteiger partial charge in [-0.25, -0.2) is 4.90 Å². The molecule has 2 heterocycles. The van der Waals surface area contributed by atoms with Crippen molar-refractivity contribution in [2.45, 2.75) is 66.7 Å². The van der Waals surface area contributed by atoms with Gasteiger partial charge in [-0.05, 0) is 102 Å². The van der Waals surface area contributed by atoms with Crippen LogP contribution < -0.4 is 4.90 Å². The van der Waals surface area contributed by atoms with Gasteiger partial charge in [-0.3, -0.25) is 28.9 Å². The number of benzene rings is 4. The summed E-state index contributed by atoms with van der Waals surface area (Å²) in [4.78, 5) is 68.4. The maximum Gasteiger partial charge on any atom is 0.266 e. The Morgan fingerprint density at radius 2 is 0.957 bits per heavy atom. The van der Waals surface area contributed by atoms with Crippen LogP contribution in [-0.2, 0) is 32.1 Å². The van der Waals surface area contributed by atoms with E-state index in [1.807, 2.05) is 13.8 Å². The summed E-state index contributed by atoms with van der Waals surface area (Å²) in [6.45, 7) is 10.6. The molecule has 4 aromatic rings. The van der Waals surface area contributed by atoms with Gasteiger partial charge in [0.05, 0.1) is 27.9 Å². The summed E-state index contributed by atoms with van der Waals surface area (Å²) in [7, 11) is 1.40. The van der Waals surface area contributed by atoms with Crippen LogP contribution in [0.3, 0.4) is 0 Å². The molecule has 238 valence electrons. The third kappa shape index (κ3) is 5.20. The summed E-state index contributed by atoms with van der Waals surface area (Å²) in [5.74, 6) is -2.17. The van der Waals surface area contributed by atoms with E-state index in [2.05, 4.69) is 45.0 Å². The molecule has 4 aromatic carbocycles. The Hall–Kier alpha value is -5.17. The zero-order valence-corrected chi connectivity index (χ0v) is 27.7. The van der Waals surface area contributed by atoms with Crippen molar-refractivity contribution in [3.63, 3.8) is 0 Å². The lowest BCUT2D eigenvalue weighted by Crippen LogP contribution is -2.31. The first kappa shape index (κ1) is 31.8. The lowest BCUT2D eigenvalue weighted by Gasteiger charge is -2.23. The summed E-state index contributed by atoms with van der Waals surface area (Å²) in [6.07, 6.45) is 3.98. The summed E-state index contributed by atoms with van der Waals surface area (Å²) in [5.41, 5.74) is 10.2. The Morgan fingerprint density at radius 3 is 1.45 bits per heavy atom. The fraction of sp³-hybridized carbons (Fsp3) is 0.275. The number of nitrogens with zero attached hydrogens (tertiary/aromatic N) is 2. The van der Waals surface area contributed by atoms with Crippen molar-refractivity contribution in [2.75, 3.05) is 11.9 Å². The highest BCUT2D eigenvalue weighted by Gasteiger charge is 2.39. The SMILES string of the molecule is CCc1cc(Cc2cc(CC)c(N3C(=O)c4ccc(C(=O)c5ccc6c(c5)C(=O)N(C)C6=O)cc4C3=O)c(CC)c2)cc(CC)c1C. The number of aryl methyl sites for hydroxylation is 4. The molecule has 0 bridgehead atoms. The van der Waals surface area contributed by atoms with E-state index in [0.717, 1.165) is 40.9 Å². The summed E-state index contributed by atoms with van der Waals surface area (Å²) in [6, 6.07) is 17.7. The van der Waals surface area contributed by atoms with Crippen molar-refractivity contribution in [2.24, 2.45) is 0 Å². The fourth-order valence-electron chi connectivity index (χ4n) is 7.00. The normalized spacial score (nSPS) is 13.9. The molecule has 0 aliphatic carbocycles. The number of ketones is 1. The van der Waals surface area contributed by atoms with Crippen LogP contribution in [0.1, 0.15) is 124 Å². The van der Waals surface area contributed by atoms with E-state index in [-0.39, 0.29) is 33.4 Å². The second-order valence-electron chi connectivity index (χ2n) is 12.4. The molecule has 47 heavy (non-hydrogen) atoms. The van der Waals surface area contributed by atoms with Crippen molar-refractivity contribution in [1.29, 1.82) is 0 Å². The van der Waals surface area contributed by atoms with Crippen molar-refractivity contribution >= 4 is 35.1 Å². The minimum absolute atomic E-state index is 0.167. The third-order valence-electron chi connectivity index (χ3n) is 9.67. The largest absolute Gasteiger partial charge is 0.289 e. The van der Waals surface area contributed by atoms with E-state index in [1.165, 1.54) is 70.6 Å². The summed E-state index contributed by atoms with van der Waals surface area (Å²) in [5, 5.41) is 0. The molecule has 0 aromatic heterocycles. The predicted octanol–water partition coefficient (Wildman–Crippen LogP) is 7.09. The van der Waals surface area contributed by atoms with E-state index < -0.39 is 29.4 Å². The van der Waals surface area contributed by atoms with Gasteiger partial charge in [0.15, 0.2) is 5.78 Å². The molecule has 0 spiro atoms. The Bertz CT molecular complexity index is 1990. The number of anilines is 1. The molecule has 0 saturated carbocycles. The van der Waals surface area contributed by atoms with Gasteiger partial charge in [0.1, 0.15) is 0 Å². The lowest BCUT2D eigenvalue weighted by molar-refractivity contribution is 0.0692. The van der Waals surface area contributed by atoms with Crippen molar-refractivity contribution in [3.05, 3.63) is 133 Å². The Labute approximate surface area is 275 Å². The number of imide groups is 2. The van der Waals surface area contributed by atoms with Crippen LogP contribution in [0.25, 0.3) is 0 Å². The highest BCUT2D eigenvalue weighted by atomic mass is 16.2. The number of carbonyl (C=O) groups excluding carboxylic acids is 5. The number of hydrogen-bond donors (Lipinski definition) is 0. The monoisotopic (exact) mass is 626 g/mol. The van der Waals surface area contributed by atoms with Crippen LogP contribution in [0.2, 0.25) is 0 Å². The molecule has 0 saturated heterocycles. The highest BCUT2D eigenvalue weighted by Crippen LogP contribution is 2.37. The van der Waals surface area contributed by atoms with Gasteiger partial charge < -0.3 is 0 Å². The van der Waals surface area contributed by atoms with E-state index in [0.29, 0.717) is 18.5 Å². The standard InChI is InChI=1S/C40H38N2O5/c1-7-25-16-23(17-26(8-2)22(25)5)15-24-18-27(9-3)35(28(10-4)19-24)42-39(46)32-14-12-30(21-34(32)40(42)47)36(43)29-11-13-31-33(20-29)38(45)41(6)37(31)44/h11-14,16-21H,7-10,15H2,1-6H3. The number of hydrogen-bond acceptors (Lipinski definition) is 5. The third-order valence-corrected chi connectivity index (χ3v) is 9.67. The Kier molecular flexibility index (Phi) is 8.26. The maximum absolute atomic E-state index is 14.0. The Balaban J connectivity index is 1.33. The van der Waals surface area contributed by atoms with Crippen LogP contribution in [0.5, 0.6) is 0 Å². The first-order chi connectivity index (χ1) is 22.5. The van der Waals surface area contributed by atoms with Crippen LogP contribution in [0.4, 0.5) is 5.69 Å². The van der Waals surface area contributed by atoms with Crippen LogP contribution in [0, 0.1) is 6.92 Å². The molecule has 2 aliphatic heterocycles. The molecule has 0 N–H and O–H groups in total. The predicted molar refractivity (Wildman–Crippen MR) is 182 cm³/mol. The van der Waals surface area contributed by atoms with Crippen LogP contribution in [0.15, 0.2) is 60.7 Å². The molecule has 0 unspecified atom stereocenters. The molecule has 4 amide bonds. The van der Waals surface area contributed by atoms with Gasteiger partial charge >= 0.3 is 0 Å². The molecule has 2 aliphatic rings. The highest BCUT2D eigenvalue weighted by molar-refractivity contribution is 6.35. The smallest absolute Gasteiger partial charge is 0.266 e. The first-order valence-electron chi connectivity index (χ1n) is 16.3. The van der Waals surface area contributed by atoms with Crippen LogP contribution in [-0.4, -0.2) is 41.4 Å². The zero-order valence-electron chi connectivity index (χ0n) is 27.7. The van der Waals surface area contributed by atoms with Gasteiger partial charge in [-0.2, -0.15) is 0 Å². The molecule has 7 nitrogen and oxygen atoms in total. The van der Waals surface area contributed by atoms with Gasteiger partial charge in [-0.1, -0.05) is 64.1 Å². The average molecular weight is 627 g/mol. The zero-order chi connectivity index (χ0) is 33.7. The van der Waals surface area contributed by atoms with Gasteiger partial charge in [0.2, 0.25) is 0 Å². The van der Waals surface area contributed by atoms with Crippen molar-refractivity contribution in [3.8, 4) is 0 Å². The van der Waals surface area contributed by atoms with E-state index in [4.69, 9.17) is 0 Å². The Morgan fingerprint density at radius 1 is 0.553 bits per heavy atom. The van der Waals surface area contributed by atoms with E-state index >= 15 is 0 Å². The molecular formula is C40H38N2O5. The van der Waals surface area contributed by atoms with E-state index in [1.54, 1.807) is 0 Å². The second kappa shape index (κ2) is 12.2. The number of amides is 4. The summed E-state index contributed by atoms with van der Waals surface area (Å²) < 4.78 is 0. The molecule has 0 fully saturated rings. The summed E-state index contributed by atoms with van der Waals surface area (Å²) >= 11 is 0. The second-order valence-corrected chi connectivity index (χ2v) is 12.4. The van der Waals surface area contributed by atoms with Gasteiger partial charge in [-0.15, -0.1) is 0 Å².